The maximum absolute atomic E-state index is 12.3. The van der Waals surface area contributed by atoms with E-state index in [9.17, 15) is 13.5 Å². The second-order valence-electron chi connectivity index (χ2n) is 5.14. The van der Waals surface area contributed by atoms with E-state index < -0.39 is 15.6 Å². The van der Waals surface area contributed by atoms with E-state index >= 15 is 0 Å². The number of sulfonamides is 1. The highest BCUT2D eigenvalue weighted by molar-refractivity contribution is 7.89. The molecule has 0 spiro atoms. The summed E-state index contributed by atoms with van der Waals surface area (Å²) < 4.78 is 27.7. The van der Waals surface area contributed by atoms with E-state index in [4.69, 9.17) is 0 Å². The van der Waals surface area contributed by atoms with Gasteiger partial charge < -0.3 is 9.67 Å². The second-order valence-corrected chi connectivity index (χ2v) is 7.02. The number of aromatic nitrogens is 2. The van der Waals surface area contributed by atoms with E-state index in [1.807, 2.05) is 0 Å². The molecule has 2 rings (SSSR count). The van der Waals surface area contributed by atoms with Gasteiger partial charge in [-0.1, -0.05) is 0 Å². The molecule has 0 atom stereocenters. The Bertz CT molecular complexity index is 518. The van der Waals surface area contributed by atoms with Gasteiger partial charge in [0.05, 0.1) is 5.60 Å². The van der Waals surface area contributed by atoms with Crippen molar-refractivity contribution in [3.8, 4) is 0 Å². The van der Waals surface area contributed by atoms with Crippen LogP contribution in [0.5, 0.6) is 0 Å². The minimum absolute atomic E-state index is 0.0871. The quantitative estimate of drug-likeness (QED) is 0.839. The van der Waals surface area contributed by atoms with Crippen molar-refractivity contribution in [2.45, 2.75) is 37.3 Å². The van der Waals surface area contributed by atoms with Crippen LogP contribution in [0.15, 0.2) is 11.2 Å². The third kappa shape index (κ3) is 2.43. The molecular weight excluding hydrogens is 254 g/mol. The Morgan fingerprint density at radius 2 is 1.94 bits per heavy atom. The van der Waals surface area contributed by atoms with E-state index in [2.05, 4.69) is 4.98 Å². The minimum atomic E-state index is -3.52. The van der Waals surface area contributed by atoms with Gasteiger partial charge in [0.2, 0.25) is 0 Å². The predicted octanol–water partition coefficient (Wildman–Crippen LogP) is 0.264. The first kappa shape index (κ1) is 13.5. The summed E-state index contributed by atoms with van der Waals surface area (Å²) in [5.41, 5.74) is -0.758. The van der Waals surface area contributed by atoms with Crippen LogP contribution in [0, 0.1) is 6.92 Å². The van der Waals surface area contributed by atoms with Gasteiger partial charge in [0.25, 0.3) is 10.0 Å². The molecule has 2 heterocycles. The number of hydrogen-bond acceptors (Lipinski definition) is 4. The molecule has 102 valence electrons. The summed E-state index contributed by atoms with van der Waals surface area (Å²) in [5, 5.41) is 9.92. The number of hydrogen-bond donors (Lipinski definition) is 1. The summed E-state index contributed by atoms with van der Waals surface area (Å²) >= 11 is 0. The van der Waals surface area contributed by atoms with Crippen LogP contribution in [-0.4, -0.2) is 46.1 Å². The molecule has 1 aliphatic heterocycles. The molecule has 0 radical (unpaired) electrons. The van der Waals surface area contributed by atoms with Gasteiger partial charge in [-0.15, -0.1) is 0 Å². The van der Waals surface area contributed by atoms with Crippen molar-refractivity contribution in [2.75, 3.05) is 13.1 Å². The summed E-state index contributed by atoms with van der Waals surface area (Å²) in [6, 6.07) is 0. The summed E-state index contributed by atoms with van der Waals surface area (Å²) in [5.74, 6) is 0.664. The van der Waals surface area contributed by atoms with Gasteiger partial charge in [-0.3, -0.25) is 0 Å². The summed E-state index contributed by atoms with van der Waals surface area (Å²) in [7, 11) is -1.76. The largest absolute Gasteiger partial charge is 0.390 e. The molecule has 0 amide bonds. The van der Waals surface area contributed by atoms with E-state index in [0.717, 1.165) is 0 Å². The lowest BCUT2D eigenvalue weighted by molar-refractivity contribution is 0.0125. The highest BCUT2D eigenvalue weighted by Gasteiger charge is 2.35. The third-order valence-electron chi connectivity index (χ3n) is 3.49. The Balaban J connectivity index is 2.22. The Morgan fingerprint density at radius 1 is 1.39 bits per heavy atom. The Hall–Kier alpha value is -0.920. The third-order valence-corrected chi connectivity index (χ3v) is 5.26. The van der Waals surface area contributed by atoms with Crippen LogP contribution >= 0.6 is 0 Å². The van der Waals surface area contributed by atoms with Gasteiger partial charge in [-0.2, -0.15) is 4.31 Å². The van der Waals surface area contributed by atoms with Crippen molar-refractivity contribution in [1.29, 1.82) is 0 Å². The van der Waals surface area contributed by atoms with Gasteiger partial charge in [-0.05, 0) is 26.7 Å². The highest BCUT2D eigenvalue weighted by Crippen LogP contribution is 2.25. The average molecular weight is 273 g/mol. The van der Waals surface area contributed by atoms with E-state index in [1.54, 1.807) is 25.5 Å². The number of piperidine rings is 1. The number of aliphatic hydroxyl groups is 1. The first-order valence-corrected chi connectivity index (χ1v) is 7.39. The van der Waals surface area contributed by atoms with Gasteiger partial charge >= 0.3 is 0 Å². The zero-order chi connectivity index (χ0) is 13.6. The Labute approximate surface area is 107 Å². The Morgan fingerprint density at radius 3 is 2.39 bits per heavy atom. The smallest absolute Gasteiger partial charge is 0.262 e. The normalized spacial score (nSPS) is 21.1. The minimum Gasteiger partial charge on any atom is -0.390 e. The maximum atomic E-state index is 12.3. The van der Waals surface area contributed by atoms with Gasteiger partial charge in [0.1, 0.15) is 5.82 Å². The molecule has 18 heavy (non-hydrogen) atoms. The van der Waals surface area contributed by atoms with Crippen LogP contribution in [0.1, 0.15) is 25.6 Å². The number of nitrogens with zero attached hydrogens (tertiary/aromatic N) is 3. The standard InChI is InChI=1S/C11H19N3O3S/c1-9-12-10(8-13(9)3)18(16,17)14-6-4-11(2,15)5-7-14/h8,15H,4-7H2,1-3H3. The van der Waals surface area contributed by atoms with Crippen molar-refractivity contribution < 1.29 is 13.5 Å². The van der Waals surface area contributed by atoms with Gasteiger partial charge in [-0.25, -0.2) is 13.4 Å². The fourth-order valence-electron chi connectivity index (χ4n) is 1.99. The fourth-order valence-corrected chi connectivity index (χ4v) is 3.46. The molecular formula is C11H19N3O3S. The van der Waals surface area contributed by atoms with Crippen molar-refractivity contribution >= 4 is 10.0 Å². The lowest BCUT2D eigenvalue weighted by Gasteiger charge is -2.34. The summed E-state index contributed by atoms with van der Waals surface area (Å²) in [4.78, 5) is 4.06. The lowest BCUT2D eigenvalue weighted by Crippen LogP contribution is -2.45. The van der Waals surface area contributed by atoms with Crippen LogP contribution in [-0.2, 0) is 17.1 Å². The molecule has 6 nitrogen and oxygen atoms in total. The van der Waals surface area contributed by atoms with Crippen LogP contribution in [0.3, 0.4) is 0 Å². The highest BCUT2D eigenvalue weighted by atomic mass is 32.2. The Kier molecular flexibility index (Phi) is 3.25. The van der Waals surface area contributed by atoms with Crippen LogP contribution < -0.4 is 0 Å². The molecule has 0 bridgehead atoms. The topological polar surface area (TPSA) is 75.4 Å². The molecule has 1 fully saturated rings. The van der Waals surface area contributed by atoms with E-state index in [1.165, 1.54) is 10.5 Å². The summed E-state index contributed by atoms with van der Waals surface area (Å²) in [6.45, 7) is 4.18. The van der Waals surface area contributed by atoms with E-state index in [0.29, 0.717) is 31.8 Å². The number of rotatable bonds is 2. The van der Waals surface area contributed by atoms with Crippen LogP contribution in [0.4, 0.5) is 0 Å². The number of aryl methyl sites for hydroxylation is 2. The first-order valence-electron chi connectivity index (χ1n) is 5.95. The molecule has 1 aliphatic rings. The SMILES string of the molecule is Cc1nc(S(=O)(=O)N2CCC(C)(O)CC2)cn1C. The fraction of sp³-hybridized carbons (Fsp3) is 0.727. The molecule has 7 heteroatoms. The van der Waals surface area contributed by atoms with Crippen LogP contribution in [0.25, 0.3) is 0 Å². The number of imidazole rings is 1. The molecule has 0 saturated carbocycles. The van der Waals surface area contributed by atoms with Crippen molar-refractivity contribution in [2.24, 2.45) is 7.05 Å². The molecule has 1 aromatic rings. The van der Waals surface area contributed by atoms with Crippen molar-refractivity contribution in [3.05, 3.63) is 12.0 Å². The maximum Gasteiger partial charge on any atom is 0.262 e. The zero-order valence-corrected chi connectivity index (χ0v) is 11.7. The zero-order valence-electron chi connectivity index (χ0n) is 10.9. The molecule has 1 saturated heterocycles. The second kappa shape index (κ2) is 4.32. The average Bonchev–Trinajstić information content (AvgIpc) is 2.59. The monoisotopic (exact) mass is 273 g/mol. The van der Waals surface area contributed by atoms with E-state index in [-0.39, 0.29) is 5.03 Å². The molecule has 0 unspecified atom stereocenters. The van der Waals surface area contributed by atoms with Crippen molar-refractivity contribution in [1.82, 2.24) is 13.9 Å². The molecule has 1 N–H and O–H groups in total. The van der Waals surface area contributed by atoms with Gasteiger partial charge in [0.15, 0.2) is 5.03 Å². The van der Waals surface area contributed by atoms with Gasteiger partial charge in [0, 0.05) is 26.3 Å². The molecule has 0 aromatic carbocycles. The lowest BCUT2D eigenvalue weighted by atomic mass is 9.95. The predicted molar refractivity (Wildman–Crippen MR) is 66.6 cm³/mol. The molecule has 0 aliphatic carbocycles. The first-order chi connectivity index (χ1) is 8.22. The summed E-state index contributed by atoms with van der Waals surface area (Å²) in [6.07, 6.45) is 2.44. The molecule has 1 aromatic heterocycles. The van der Waals surface area contributed by atoms with Crippen molar-refractivity contribution in [3.63, 3.8) is 0 Å². The van der Waals surface area contributed by atoms with Crippen LogP contribution in [0.2, 0.25) is 0 Å².